The fourth-order valence-corrected chi connectivity index (χ4v) is 1.20. The zero-order valence-electron chi connectivity index (χ0n) is 7.71. The van der Waals surface area contributed by atoms with Crippen molar-refractivity contribution in [2.45, 2.75) is 12.6 Å². The van der Waals surface area contributed by atoms with Gasteiger partial charge in [-0.25, -0.2) is 0 Å². The summed E-state index contributed by atoms with van der Waals surface area (Å²) in [6.45, 7) is -0.217. The van der Waals surface area contributed by atoms with Gasteiger partial charge in [-0.2, -0.15) is 13.2 Å². The van der Waals surface area contributed by atoms with Crippen LogP contribution in [0.2, 0.25) is 0 Å². The third-order valence-electron chi connectivity index (χ3n) is 1.88. The normalized spacial score (nSPS) is 10.9. The third kappa shape index (κ3) is 3.28. The molecule has 2 nitrogen and oxygen atoms in total. The Morgan fingerprint density at radius 1 is 1.27 bits per heavy atom. The van der Waals surface area contributed by atoms with Crippen LogP contribution in [0.25, 0.3) is 0 Å². The number of hydrogen-bond acceptors (Lipinski definition) is 2. The molecule has 0 unspecified atom stereocenters. The highest BCUT2D eigenvalue weighted by molar-refractivity contribution is 5.85. The number of anilines is 1. The second-order valence-electron chi connectivity index (χ2n) is 2.85. The SMILES string of the molecule is Cl.Nc1c(CCO)cccc1C(F)(F)F. The van der Waals surface area contributed by atoms with E-state index in [9.17, 15) is 13.2 Å². The lowest BCUT2D eigenvalue weighted by atomic mass is 10.0. The molecule has 0 aromatic heterocycles. The van der Waals surface area contributed by atoms with Gasteiger partial charge in [-0.15, -0.1) is 12.4 Å². The first kappa shape index (κ1) is 14.1. The highest BCUT2D eigenvalue weighted by Gasteiger charge is 2.33. The first-order valence-electron chi connectivity index (χ1n) is 4.02. The molecule has 0 saturated heterocycles. The quantitative estimate of drug-likeness (QED) is 0.780. The highest BCUT2D eigenvalue weighted by Crippen LogP contribution is 2.34. The number of nitrogens with two attached hydrogens (primary N) is 1. The Morgan fingerprint density at radius 2 is 1.87 bits per heavy atom. The predicted octanol–water partition coefficient (Wildman–Crippen LogP) is 2.24. The van der Waals surface area contributed by atoms with E-state index in [-0.39, 0.29) is 31.1 Å². The fourth-order valence-electron chi connectivity index (χ4n) is 1.20. The van der Waals surface area contributed by atoms with E-state index in [4.69, 9.17) is 10.8 Å². The molecule has 0 atom stereocenters. The van der Waals surface area contributed by atoms with Gasteiger partial charge in [0.1, 0.15) is 0 Å². The minimum Gasteiger partial charge on any atom is -0.398 e. The van der Waals surface area contributed by atoms with Crippen LogP contribution in [0.4, 0.5) is 18.9 Å². The number of halogens is 4. The van der Waals surface area contributed by atoms with Crippen molar-refractivity contribution in [1.82, 2.24) is 0 Å². The Morgan fingerprint density at radius 3 is 2.33 bits per heavy atom. The van der Waals surface area contributed by atoms with Gasteiger partial charge in [0.05, 0.1) is 5.56 Å². The van der Waals surface area contributed by atoms with Crippen molar-refractivity contribution in [3.8, 4) is 0 Å². The Balaban J connectivity index is 0.00000196. The van der Waals surface area contributed by atoms with Gasteiger partial charge >= 0.3 is 6.18 Å². The lowest BCUT2D eigenvalue weighted by Crippen LogP contribution is -2.11. The molecule has 0 aliphatic heterocycles. The van der Waals surface area contributed by atoms with Crippen LogP contribution in [0.3, 0.4) is 0 Å². The van der Waals surface area contributed by atoms with Crippen molar-refractivity contribution in [2.24, 2.45) is 0 Å². The molecule has 1 aromatic rings. The Hall–Kier alpha value is -0.940. The fraction of sp³-hybridized carbons (Fsp3) is 0.333. The van der Waals surface area contributed by atoms with Crippen molar-refractivity contribution >= 4 is 18.1 Å². The van der Waals surface area contributed by atoms with Gasteiger partial charge in [0.2, 0.25) is 0 Å². The maximum absolute atomic E-state index is 12.3. The van der Waals surface area contributed by atoms with Gasteiger partial charge in [-0.05, 0) is 18.1 Å². The summed E-state index contributed by atoms with van der Waals surface area (Å²) in [5.74, 6) is 0. The van der Waals surface area contributed by atoms with E-state index in [0.29, 0.717) is 5.56 Å². The number of aliphatic hydroxyl groups excluding tert-OH is 1. The average molecular weight is 242 g/mol. The third-order valence-corrected chi connectivity index (χ3v) is 1.88. The number of para-hydroxylation sites is 1. The molecule has 1 aromatic carbocycles. The minimum atomic E-state index is -4.43. The molecule has 1 rings (SSSR count). The molecule has 0 aliphatic carbocycles. The number of aliphatic hydroxyl groups is 1. The summed E-state index contributed by atoms with van der Waals surface area (Å²) >= 11 is 0. The van der Waals surface area contributed by atoms with Gasteiger partial charge in [0.15, 0.2) is 0 Å². The standard InChI is InChI=1S/C9H10F3NO.ClH/c10-9(11,12)7-3-1-2-6(4-5-14)8(7)13;/h1-3,14H,4-5,13H2;1H. The summed E-state index contributed by atoms with van der Waals surface area (Å²) in [6.07, 6.45) is -4.30. The Kier molecular flexibility index (Phi) is 4.90. The molecule has 0 amide bonds. The molecule has 0 heterocycles. The Bertz CT molecular complexity index is 328. The molecule has 0 radical (unpaired) electrons. The van der Waals surface area contributed by atoms with E-state index < -0.39 is 11.7 Å². The van der Waals surface area contributed by atoms with Crippen LogP contribution in [0.1, 0.15) is 11.1 Å². The summed E-state index contributed by atoms with van der Waals surface area (Å²) in [7, 11) is 0. The first-order chi connectivity index (χ1) is 6.46. The van der Waals surface area contributed by atoms with Crippen molar-refractivity contribution in [3.05, 3.63) is 29.3 Å². The molecule has 3 N–H and O–H groups in total. The lowest BCUT2D eigenvalue weighted by Gasteiger charge is -2.12. The van der Waals surface area contributed by atoms with E-state index in [1.807, 2.05) is 0 Å². The van der Waals surface area contributed by atoms with Crippen molar-refractivity contribution in [2.75, 3.05) is 12.3 Å². The van der Waals surface area contributed by atoms with Crippen LogP contribution < -0.4 is 5.73 Å². The van der Waals surface area contributed by atoms with Crippen LogP contribution in [0.15, 0.2) is 18.2 Å². The zero-order valence-corrected chi connectivity index (χ0v) is 8.53. The number of alkyl halides is 3. The van der Waals surface area contributed by atoms with Crippen LogP contribution in [-0.2, 0) is 12.6 Å². The van der Waals surface area contributed by atoms with E-state index in [0.717, 1.165) is 6.07 Å². The number of rotatable bonds is 2. The molecular weight excluding hydrogens is 231 g/mol. The minimum absolute atomic E-state index is 0. The number of benzene rings is 1. The second-order valence-corrected chi connectivity index (χ2v) is 2.85. The zero-order chi connectivity index (χ0) is 10.8. The molecule has 0 spiro atoms. The Labute approximate surface area is 91.3 Å². The first-order valence-corrected chi connectivity index (χ1v) is 4.02. The number of hydrogen-bond donors (Lipinski definition) is 2. The molecule has 0 aliphatic rings. The van der Waals surface area contributed by atoms with Crippen molar-refractivity contribution in [3.63, 3.8) is 0 Å². The molecule has 0 bridgehead atoms. The van der Waals surface area contributed by atoms with Gasteiger partial charge in [-0.3, -0.25) is 0 Å². The molecule has 86 valence electrons. The highest BCUT2D eigenvalue weighted by atomic mass is 35.5. The monoisotopic (exact) mass is 241 g/mol. The van der Waals surface area contributed by atoms with Crippen LogP contribution in [-0.4, -0.2) is 11.7 Å². The summed E-state index contributed by atoms with van der Waals surface area (Å²) in [5, 5.41) is 8.60. The molecule has 6 heteroatoms. The van der Waals surface area contributed by atoms with E-state index >= 15 is 0 Å². The number of nitrogen functional groups attached to an aromatic ring is 1. The summed E-state index contributed by atoms with van der Waals surface area (Å²) in [5.41, 5.74) is 4.50. The predicted molar refractivity (Wildman–Crippen MR) is 53.9 cm³/mol. The van der Waals surface area contributed by atoms with Crippen LogP contribution in [0, 0.1) is 0 Å². The summed E-state index contributed by atoms with van der Waals surface area (Å²) in [4.78, 5) is 0. The smallest absolute Gasteiger partial charge is 0.398 e. The summed E-state index contributed by atoms with van der Waals surface area (Å²) in [6, 6.07) is 3.68. The molecule has 0 fully saturated rings. The maximum Gasteiger partial charge on any atom is 0.418 e. The summed E-state index contributed by atoms with van der Waals surface area (Å²) < 4.78 is 37.0. The van der Waals surface area contributed by atoms with Crippen LogP contribution in [0.5, 0.6) is 0 Å². The largest absolute Gasteiger partial charge is 0.418 e. The van der Waals surface area contributed by atoms with E-state index in [2.05, 4.69) is 0 Å². The molecule has 15 heavy (non-hydrogen) atoms. The van der Waals surface area contributed by atoms with E-state index in [1.165, 1.54) is 12.1 Å². The maximum atomic E-state index is 12.3. The van der Waals surface area contributed by atoms with Crippen molar-refractivity contribution < 1.29 is 18.3 Å². The average Bonchev–Trinajstić information content (AvgIpc) is 2.07. The van der Waals surface area contributed by atoms with Gasteiger partial charge in [-0.1, -0.05) is 12.1 Å². The van der Waals surface area contributed by atoms with Crippen molar-refractivity contribution in [1.29, 1.82) is 0 Å². The second kappa shape index (κ2) is 5.23. The van der Waals surface area contributed by atoms with Crippen LogP contribution >= 0.6 is 12.4 Å². The van der Waals surface area contributed by atoms with Gasteiger partial charge in [0.25, 0.3) is 0 Å². The topological polar surface area (TPSA) is 46.2 Å². The molecule has 0 saturated carbocycles. The lowest BCUT2D eigenvalue weighted by molar-refractivity contribution is -0.136. The van der Waals surface area contributed by atoms with E-state index in [1.54, 1.807) is 0 Å². The molecular formula is C9H11ClF3NO. The van der Waals surface area contributed by atoms with Gasteiger partial charge in [0, 0.05) is 12.3 Å². The van der Waals surface area contributed by atoms with Gasteiger partial charge < -0.3 is 10.8 Å².